The van der Waals surface area contributed by atoms with Crippen LogP contribution in [0.2, 0.25) is 10.0 Å². The second-order valence-corrected chi connectivity index (χ2v) is 8.66. The van der Waals surface area contributed by atoms with Gasteiger partial charge in [-0.3, -0.25) is 0 Å². The Balaban J connectivity index is 1.66. The smallest absolute Gasteiger partial charge is 0.347 e. The number of para-hydroxylation sites is 1. The largest absolute Gasteiger partial charge is 0.493 e. The summed E-state index contributed by atoms with van der Waals surface area (Å²) in [5.74, 6) is -0.240. The highest BCUT2D eigenvalue weighted by molar-refractivity contribution is 6.36. The van der Waals surface area contributed by atoms with Crippen LogP contribution in [0.4, 0.5) is 0 Å². The maximum Gasteiger partial charge on any atom is 0.347 e. The summed E-state index contributed by atoms with van der Waals surface area (Å²) in [6.45, 7) is 2.57. The van der Waals surface area contributed by atoms with Crippen molar-refractivity contribution in [2.24, 2.45) is 5.73 Å². The average molecular weight is 509 g/mol. The number of halogens is 2. The number of carbonyl (C=O) groups excluding carboxylic acids is 1. The van der Waals surface area contributed by atoms with E-state index in [1.165, 1.54) is 0 Å². The van der Waals surface area contributed by atoms with E-state index in [2.05, 4.69) is 13.0 Å². The van der Waals surface area contributed by atoms with Crippen molar-refractivity contribution in [1.82, 2.24) is 0 Å². The van der Waals surface area contributed by atoms with Crippen molar-refractivity contribution in [3.63, 3.8) is 0 Å². The van der Waals surface area contributed by atoms with Gasteiger partial charge in [0.2, 0.25) is 5.88 Å². The molecule has 8 heteroatoms. The number of hydrogen-bond donors (Lipinski definition) is 1. The number of benzene rings is 3. The van der Waals surface area contributed by atoms with Crippen molar-refractivity contribution < 1.29 is 19.0 Å². The lowest BCUT2D eigenvalue weighted by Crippen LogP contribution is -2.21. The summed E-state index contributed by atoms with van der Waals surface area (Å²) in [6.07, 6.45) is 1.86. The highest BCUT2D eigenvalue weighted by Crippen LogP contribution is 2.47. The number of allylic oxidation sites excluding steroid dienone is 1. The first-order valence-corrected chi connectivity index (χ1v) is 11.8. The van der Waals surface area contributed by atoms with E-state index in [1.54, 1.807) is 60.7 Å². The van der Waals surface area contributed by atoms with Gasteiger partial charge >= 0.3 is 5.97 Å². The molecule has 0 aromatic heterocycles. The number of nitrogens with zero attached hydrogens (tertiary/aromatic N) is 1. The van der Waals surface area contributed by atoms with Gasteiger partial charge in [-0.2, -0.15) is 5.26 Å². The molecule has 1 aliphatic rings. The Morgan fingerprint density at radius 3 is 2.57 bits per heavy atom. The van der Waals surface area contributed by atoms with Crippen LogP contribution in [0.5, 0.6) is 17.2 Å². The summed E-state index contributed by atoms with van der Waals surface area (Å²) in [6, 6.07) is 19.0. The molecule has 4 rings (SSSR count). The number of nitriles is 1. The van der Waals surface area contributed by atoms with Gasteiger partial charge in [0, 0.05) is 27.2 Å². The lowest BCUT2D eigenvalue weighted by molar-refractivity contribution is 0.0730. The van der Waals surface area contributed by atoms with E-state index in [4.69, 9.17) is 43.1 Å². The molecule has 3 aromatic rings. The van der Waals surface area contributed by atoms with Crippen molar-refractivity contribution in [1.29, 1.82) is 5.26 Å². The first-order valence-electron chi connectivity index (χ1n) is 11.0. The predicted molar refractivity (Wildman–Crippen MR) is 134 cm³/mol. The summed E-state index contributed by atoms with van der Waals surface area (Å²) < 4.78 is 17.1. The Labute approximate surface area is 213 Å². The predicted octanol–water partition coefficient (Wildman–Crippen LogP) is 6.61. The van der Waals surface area contributed by atoms with E-state index in [9.17, 15) is 10.1 Å². The lowest BCUT2D eigenvalue weighted by atomic mass is 9.83. The molecule has 35 heavy (non-hydrogen) atoms. The molecule has 0 fully saturated rings. The summed E-state index contributed by atoms with van der Waals surface area (Å²) in [4.78, 5) is 12.9. The van der Waals surface area contributed by atoms with Crippen LogP contribution in [-0.2, 0) is 0 Å². The second kappa shape index (κ2) is 10.7. The molecule has 0 radical (unpaired) electrons. The maximum atomic E-state index is 12.9. The molecule has 3 aromatic carbocycles. The molecule has 0 bridgehead atoms. The van der Waals surface area contributed by atoms with Crippen molar-refractivity contribution in [3.8, 4) is 23.3 Å². The third-order valence-electron chi connectivity index (χ3n) is 5.55. The number of esters is 1. The zero-order valence-electron chi connectivity index (χ0n) is 18.9. The van der Waals surface area contributed by atoms with Crippen molar-refractivity contribution in [3.05, 3.63) is 98.9 Å². The van der Waals surface area contributed by atoms with E-state index in [0.717, 1.165) is 12.8 Å². The average Bonchev–Trinajstić information content (AvgIpc) is 2.84. The number of rotatable bonds is 7. The molecule has 2 N–H and O–H groups in total. The van der Waals surface area contributed by atoms with Crippen molar-refractivity contribution in [2.45, 2.75) is 25.7 Å². The fourth-order valence-electron chi connectivity index (χ4n) is 3.83. The first kappa shape index (κ1) is 24.5. The van der Waals surface area contributed by atoms with Gasteiger partial charge in [-0.1, -0.05) is 60.8 Å². The molecule has 0 saturated heterocycles. The molecule has 0 aliphatic carbocycles. The van der Waals surface area contributed by atoms with Crippen LogP contribution in [0.3, 0.4) is 0 Å². The minimum absolute atomic E-state index is 0.0702. The van der Waals surface area contributed by atoms with Crippen LogP contribution in [0, 0.1) is 11.3 Å². The van der Waals surface area contributed by atoms with E-state index in [-0.39, 0.29) is 17.2 Å². The maximum absolute atomic E-state index is 12.9. The topological polar surface area (TPSA) is 94.6 Å². The lowest BCUT2D eigenvalue weighted by Gasteiger charge is -2.27. The Kier molecular flexibility index (Phi) is 7.50. The number of ether oxygens (including phenoxy) is 3. The van der Waals surface area contributed by atoms with Crippen molar-refractivity contribution >= 4 is 29.2 Å². The van der Waals surface area contributed by atoms with Gasteiger partial charge in [-0.05, 0) is 36.8 Å². The van der Waals surface area contributed by atoms with Gasteiger partial charge in [0.15, 0.2) is 0 Å². The third-order valence-corrected chi connectivity index (χ3v) is 6.21. The quantitative estimate of drug-likeness (QED) is 0.219. The minimum atomic E-state index is -0.637. The molecule has 1 aliphatic heterocycles. The zero-order chi connectivity index (χ0) is 24.9. The van der Waals surface area contributed by atoms with Crippen LogP contribution < -0.4 is 19.9 Å². The molecule has 6 nitrogen and oxygen atoms in total. The van der Waals surface area contributed by atoms with E-state index >= 15 is 0 Å². The zero-order valence-corrected chi connectivity index (χ0v) is 20.4. The molecule has 0 amide bonds. The molecular weight excluding hydrogens is 487 g/mol. The van der Waals surface area contributed by atoms with Gasteiger partial charge in [0.05, 0.1) is 12.5 Å². The van der Waals surface area contributed by atoms with Crippen molar-refractivity contribution in [2.75, 3.05) is 6.61 Å². The van der Waals surface area contributed by atoms with Gasteiger partial charge in [-0.25, -0.2) is 4.79 Å². The summed E-state index contributed by atoms with van der Waals surface area (Å²) in [5.41, 5.74) is 7.74. The van der Waals surface area contributed by atoms with E-state index < -0.39 is 11.9 Å². The Morgan fingerprint density at radius 1 is 1.11 bits per heavy atom. The Bertz CT molecular complexity index is 1330. The van der Waals surface area contributed by atoms with Gasteiger partial charge in [-0.15, -0.1) is 0 Å². The molecular formula is C27H22Cl2N2O4. The fourth-order valence-corrected chi connectivity index (χ4v) is 4.45. The number of unbranched alkanes of at least 4 members (excludes halogenated alkanes) is 1. The van der Waals surface area contributed by atoms with E-state index in [0.29, 0.717) is 44.8 Å². The summed E-state index contributed by atoms with van der Waals surface area (Å²) >= 11 is 12.9. The highest BCUT2D eigenvalue weighted by atomic mass is 35.5. The number of hydrogen-bond acceptors (Lipinski definition) is 6. The van der Waals surface area contributed by atoms with Gasteiger partial charge in [0.25, 0.3) is 0 Å². The van der Waals surface area contributed by atoms with Gasteiger partial charge < -0.3 is 19.9 Å². The van der Waals surface area contributed by atoms with E-state index in [1.807, 2.05) is 0 Å². The van der Waals surface area contributed by atoms with Crippen LogP contribution in [0.25, 0.3) is 0 Å². The van der Waals surface area contributed by atoms with Gasteiger partial charge in [0.1, 0.15) is 34.5 Å². The summed E-state index contributed by atoms with van der Waals surface area (Å²) in [7, 11) is 0. The van der Waals surface area contributed by atoms with Crippen LogP contribution in [-0.4, -0.2) is 12.6 Å². The van der Waals surface area contributed by atoms with Crippen LogP contribution in [0.15, 0.2) is 72.1 Å². The monoisotopic (exact) mass is 508 g/mol. The summed E-state index contributed by atoms with van der Waals surface area (Å²) in [5, 5.41) is 10.6. The van der Waals surface area contributed by atoms with Crippen LogP contribution >= 0.6 is 23.2 Å². The normalized spacial score (nSPS) is 14.5. The standard InChI is InChI=1S/C27H22Cl2N2O4/c1-2-3-13-33-22-10-5-4-7-18(22)27(32)34-16-11-12-17-23(14-16)35-26(31)19(15-30)24(17)25-20(28)8-6-9-21(25)29/h4-12,14,24H,2-3,13,31H2,1H3. The SMILES string of the molecule is CCCCOc1ccccc1C(=O)Oc1ccc2c(c1)OC(N)=C(C#N)C2c1c(Cl)cccc1Cl. The number of fused-ring (bicyclic) bond motifs is 1. The molecule has 0 spiro atoms. The molecule has 0 saturated carbocycles. The van der Waals surface area contributed by atoms with Crippen LogP contribution in [0.1, 0.15) is 47.2 Å². The minimum Gasteiger partial charge on any atom is -0.493 e. The second-order valence-electron chi connectivity index (χ2n) is 7.85. The Hall–Kier alpha value is -3.66. The molecule has 1 unspecified atom stereocenters. The molecule has 178 valence electrons. The molecule has 1 atom stereocenters. The number of nitrogens with two attached hydrogens (primary N) is 1. The Morgan fingerprint density at radius 2 is 1.86 bits per heavy atom. The molecule has 1 heterocycles. The highest BCUT2D eigenvalue weighted by Gasteiger charge is 2.33. The number of carbonyl (C=O) groups is 1. The first-order chi connectivity index (χ1) is 16.9. The third kappa shape index (κ3) is 5.07. The fraction of sp³-hybridized carbons (Fsp3) is 0.185.